The zero-order valence-electron chi connectivity index (χ0n) is 15.1. The number of hydrogen-bond acceptors (Lipinski definition) is 4. The first-order chi connectivity index (χ1) is 11.5. The lowest BCUT2D eigenvalue weighted by Crippen LogP contribution is -2.36. The van der Waals surface area contributed by atoms with Gasteiger partial charge in [0.05, 0.1) is 17.0 Å². The Balaban J connectivity index is 1.77. The summed E-state index contributed by atoms with van der Waals surface area (Å²) in [5, 5.41) is 4.57. The smallest absolute Gasteiger partial charge is 0.255 e. The largest absolute Gasteiger partial charge is 0.310 e. The molecule has 6 heteroatoms. The zero-order chi connectivity index (χ0) is 17.3. The summed E-state index contributed by atoms with van der Waals surface area (Å²) in [5.41, 5.74) is 4.14. The fourth-order valence-electron chi connectivity index (χ4n) is 3.21. The van der Waals surface area contributed by atoms with Crippen LogP contribution in [0.25, 0.3) is 0 Å². The molecule has 1 aliphatic rings. The number of nitrogens with one attached hydrogen (secondary N) is 1. The lowest BCUT2D eigenvalue weighted by Gasteiger charge is -2.27. The average Bonchev–Trinajstić information content (AvgIpc) is 2.87. The molecule has 24 heavy (non-hydrogen) atoms. The number of fused-ring (bicyclic) bond motifs is 1. The first kappa shape index (κ1) is 16.9. The highest BCUT2D eigenvalue weighted by molar-refractivity contribution is 5.23. The van der Waals surface area contributed by atoms with Crippen molar-refractivity contribution in [2.24, 2.45) is 0 Å². The van der Waals surface area contributed by atoms with Gasteiger partial charge in [-0.1, -0.05) is 20.8 Å². The molecule has 0 aromatic carbocycles. The van der Waals surface area contributed by atoms with Crippen molar-refractivity contribution in [3.8, 4) is 0 Å². The van der Waals surface area contributed by atoms with Gasteiger partial charge in [-0.15, -0.1) is 0 Å². The quantitative estimate of drug-likeness (QED) is 0.914. The highest BCUT2D eigenvalue weighted by atomic mass is 16.1. The Kier molecular flexibility index (Phi) is 4.85. The lowest BCUT2D eigenvalue weighted by molar-refractivity contribution is 0.241. The Morgan fingerprint density at radius 3 is 2.88 bits per heavy atom. The van der Waals surface area contributed by atoms with Crippen molar-refractivity contribution in [2.45, 2.75) is 66.1 Å². The molecule has 0 amide bonds. The molecule has 6 nitrogen and oxygen atoms in total. The second kappa shape index (κ2) is 6.89. The van der Waals surface area contributed by atoms with Gasteiger partial charge in [-0.05, 0) is 13.3 Å². The van der Waals surface area contributed by atoms with E-state index in [0.717, 1.165) is 55.3 Å². The maximum Gasteiger partial charge on any atom is 0.255 e. The lowest BCUT2D eigenvalue weighted by atomic mass is 10.1. The van der Waals surface area contributed by atoms with E-state index >= 15 is 0 Å². The van der Waals surface area contributed by atoms with Crippen LogP contribution in [0.2, 0.25) is 0 Å². The number of rotatable bonds is 5. The van der Waals surface area contributed by atoms with Gasteiger partial charge in [0.25, 0.3) is 5.56 Å². The van der Waals surface area contributed by atoms with E-state index in [9.17, 15) is 4.79 Å². The van der Waals surface area contributed by atoms with E-state index < -0.39 is 0 Å². The van der Waals surface area contributed by atoms with Crippen LogP contribution in [0.15, 0.2) is 11.0 Å². The van der Waals surface area contributed by atoms with Crippen LogP contribution in [0.5, 0.6) is 0 Å². The summed E-state index contributed by atoms with van der Waals surface area (Å²) in [5.74, 6) is 1.04. The van der Waals surface area contributed by atoms with Crippen molar-refractivity contribution in [3.63, 3.8) is 0 Å². The molecule has 0 aliphatic carbocycles. The van der Waals surface area contributed by atoms with E-state index in [-0.39, 0.29) is 11.5 Å². The second-order valence-corrected chi connectivity index (χ2v) is 6.99. The van der Waals surface area contributed by atoms with E-state index in [1.165, 1.54) is 5.56 Å². The number of aromatic nitrogens is 4. The Hall–Kier alpha value is -1.95. The van der Waals surface area contributed by atoms with Gasteiger partial charge >= 0.3 is 0 Å². The number of aryl methyl sites for hydroxylation is 2. The second-order valence-electron chi connectivity index (χ2n) is 6.99. The molecular weight excluding hydrogens is 302 g/mol. The molecule has 2 aromatic rings. The molecule has 0 spiro atoms. The average molecular weight is 329 g/mol. The van der Waals surface area contributed by atoms with Crippen LogP contribution in [0.1, 0.15) is 61.4 Å². The molecule has 3 heterocycles. The van der Waals surface area contributed by atoms with Crippen molar-refractivity contribution in [1.82, 2.24) is 24.6 Å². The van der Waals surface area contributed by atoms with E-state index in [1.807, 2.05) is 4.68 Å². The van der Waals surface area contributed by atoms with Crippen LogP contribution < -0.4 is 5.56 Å². The summed E-state index contributed by atoms with van der Waals surface area (Å²) < 4.78 is 2.02. The third-order valence-corrected chi connectivity index (χ3v) is 4.61. The summed E-state index contributed by atoms with van der Waals surface area (Å²) in [6.07, 6.45) is 4.05. The molecule has 3 rings (SSSR count). The maximum absolute atomic E-state index is 12.4. The highest BCUT2D eigenvalue weighted by Gasteiger charge is 2.22. The van der Waals surface area contributed by atoms with Gasteiger partial charge in [0, 0.05) is 50.3 Å². The molecule has 0 radical (unpaired) electrons. The van der Waals surface area contributed by atoms with Crippen LogP contribution >= 0.6 is 0 Å². The summed E-state index contributed by atoms with van der Waals surface area (Å²) in [6, 6.07) is 0. The van der Waals surface area contributed by atoms with Gasteiger partial charge in [-0.25, -0.2) is 4.98 Å². The van der Waals surface area contributed by atoms with Crippen LogP contribution in [0.4, 0.5) is 0 Å². The molecule has 2 aromatic heterocycles. The topological polar surface area (TPSA) is 66.8 Å². The summed E-state index contributed by atoms with van der Waals surface area (Å²) in [7, 11) is 0. The van der Waals surface area contributed by atoms with E-state index in [0.29, 0.717) is 6.54 Å². The van der Waals surface area contributed by atoms with Crippen LogP contribution in [0, 0.1) is 6.92 Å². The highest BCUT2D eigenvalue weighted by Crippen LogP contribution is 2.19. The van der Waals surface area contributed by atoms with Gasteiger partial charge in [-0.3, -0.25) is 14.4 Å². The summed E-state index contributed by atoms with van der Waals surface area (Å²) in [6.45, 7) is 11.7. The summed E-state index contributed by atoms with van der Waals surface area (Å²) in [4.78, 5) is 22.3. The summed E-state index contributed by atoms with van der Waals surface area (Å²) >= 11 is 0. The standard InChI is InChI=1S/C18H27N5O/c1-5-7-23-10-14(13(4)21-23)9-22-8-6-16-15(11-22)18(24)20-17(19-16)12(2)3/h10,12H,5-9,11H2,1-4H3,(H,19,20,24). The molecule has 0 fully saturated rings. The van der Waals surface area contributed by atoms with Crippen molar-refractivity contribution in [3.05, 3.63) is 44.9 Å². The minimum absolute atomic E-state index is 0.0202. The minimum Gasteiger partial charge on any atom is -0.310 e. The minimum atomic E-state index is 0.0202. The van der Waals surface area contributed by atoms with Crippen molar-refractivity contribution < 1.29 is 0 Å². The third kappa shape index (κ3) is 3.43. The van der Waals surface area contributed by atoms with Crippen molar-refractivity contribution in [1.29, 1.82) is 0 Å². The van der Waals surface area contributed by atoms with Gasteiger partial charge in [0.15, 0.2) is 0 Å². The number of aromatic amines is 1. The predicted molar refractivity (Wildman–Crippen MR) is 94.0 cm³/mol. The SMILES string of the molecule is CCCn1cc(CN2CCc3nc(C(C)C)[nH]c(=O)c3C2)c(C)n1. The Bertz CT molecular complexity index is 774. The molecule has 130 valence electrons. The van der Waals surface area contributed by atoms with E-state index in [2.05, 4.69) is 53.9 Å². The monoisotopic (exact) mass is 329 g/mol. The first-order valence-electron chi connectivity index (χ1n) is 8.85. The van der Waals surface area contributed by atoms with Crippen LogP contribution in [-0.4, -0.2) is 31.2 Å². The molecular formula is C18H27N5O. The third-order valence-electron chi connectivity index (χ3n) is 4.61. The van der Waals surface area contributed by atoms with Gasteiger partial charge in [-0.2, -0.15) is 5.10 Å². The normalized spacial score (nSPS) is 15.0. The number of nitrogens with zero attached hydrogens (tertiary/aromatic N) is 4. The Morgan fingerprint density at radius 2 is 2.17 bits per heavy atom. The van der Waals surface area contributed by atoms with Gasteiger partial charge < -0.3 is 4.98 Å². The van der Waals surface area contributed by atoms with Gasteiger partial charge in [0.2, 0.25) is 0 Å². The Morgan fingerprint density at radius 1 is 1.38 bits per heavy atom. The van der Waals surface area contributed by atoms with Crippen LogP contribution in [0.3, 0.4) is 0 Å². The van der Waals surface area contributed by atoms with Crippen LogP contribution in [-0.2, 0) is 26.1 Å². The molecule has 0 saturated heterocycles. The molecule has 1 N–H and O–H groups in total. The zero-order valence-corrected chi connectivity index (χ0v) is 15.1. The molecule has 0 atom stereocenters. The van der Waals surface area contributed by atoms with E-state index in [4.69, 9.17) is 0 Å². The van der Waals surface area contributed by atoms with Crippen molar-refractivity contribution >= 4 is 0 Å². The molecule has 0 unspecified atom stereocenters. The predicted octanol–water partition coefficient (Wildman–Crippen LogP) is 2.37. The number of hydrogen-bond donors (Lipinski definition) is 1. The fourth-order valence-corrected chi connectivity index (χ4v) is 3.21. The maximum atomic E-state index is 12.4. The van der Waals surface area contributed by atoms with E-state index in [1.54, 1.807) is 0 Å². The Labute approximate surface area is 142 Å². The van der Waals surface area contributed by atoms with Crippen molar-refractivity contribution in [2.75, 3.05) is 6.54 Å². The molecule has 0 saturated carbocycles. The molecule has 1 aliphatic heterocycles. The molecule has 0 bridgehead atoms. The first-order valence-corrected chi connectivity index (χ1v) is 8.85. The number of H-pyrrole nitrogens is 1. The fraction of sp³-hybridized carbons (Fsp3) is 0.611. The van der Waals surface area contributed by atoms with Gasteiger partial charge in [0.1, 0.15) is 5.82 Å².